The average molecular weight is 373 g/mol. The zero-order valence-electron chi connectivity index (χ0n) is 16.7. The van der Waals surface area contributed by atoms with Gasteiger partial charge in [0.1, 0.15) is 5.75 Å². The topological polar surface area (TPSA) is 38.3 Å². The molecule has 0 unspecified atom stereocenters. The fraction of sp³-hybridized carbons (Fsp3) is 0.240. The average Bonchev–Trinajstić information content (AvgIpc) is 2.68. The van der Waals surface area contributed by atoms with Crippen molar-refractivity contribution >= 4 is 11.6 Å². The molecule has 0 saturated carbocycles. The predicted molar refractivity (Wildman–Crippen MR) is 115 cm³/mol. The Kier molecular flexibility index (Phi) is 6.15. The van der Waals surface area contributed by atoms with Crippen LogP contribution in [0.4, 0.5) is 5.69 Å². The van der Waals surface area contributed by atoms with Gasteiger partial charge in [0, 0.05) is 6.42 Å². The highest BCUT2D eigenvalue weighted by Gasteiger charge is 2.13. The van der Waals surface area contributed by atoms with Gasteiger partial charge < -0.3 is 10.1 Å². The molecule has 144 valence electrons. The van der Waals surface area contributed by atoms with E-state index < -0.39 is 0 Å². The van der Waals surface area contributed by atoms with E-state index in [1.165, 1.54) is 5.56 Å². The van der Waals surface area contributed by atoms with Crippen molar-refractivity contribution in [3.8, 4) is 11.5 Å². The number of anilines is 1. The first kappa shape index (κ1) is 19.7. The highest BCUT2D eigenvalue weighted by molar-refractivity contribution is 5.92. The lowest BCUT2D eigenvalue weighted by atomic mass is 9.86. The molecular formula is C25H27NO2. The van der Waals surface area contributed by atoms with Crippen LogP contribution in [0.25, 0.3) is 0 Å². The van der Waals surface area contributed by atoms with Gasteiger partial charge in [-0.25, -0.2) is 0 Å². The molecule has 0 aromatic heterocycles. The quantitative estimate of drug-likeness (QED) is 0.547. The highest BCUT2D eigenvalue weighted by Crippen LogP contribution is 2.29. The molecule has 0 saturated heterocycles. The van der Waals surface area contributed by atoms with Crippen molar-refractivity contribution in [3.63, 3.8) is 0 Å². The molecule has 0 spiro atoms. The van der Waals surface area contributed by atoms with Gasteiger partial charge in [0.05, 0.1) is 5.69 Å². The molecule has 0 aliphatic heterocycles. The lowest BCUT2D eigenvalue weighted by molar-refractivity contribution is -0.116. The summed E-state index contributed by atoms with van der Waals surface area (Å²) in [6.45, 7) is 6.60. The molecule has 0 fully saturated rings. The number of hydrogen-bond donors (Lipinski definition) is 1. The number of carbonyl (C=O) groups excluding carboxylic acids is 1. The van der Waals surface area contributed by atoms with Gasteiger partial charge in [0.15, 0.2) is 5.75 Å². The Bertz CT molecular complexity index is 909. The van der Waals surface area contributed by atoms with Crippen LogP contribution in [0.3, 0.4) is 0 Å². The first-order chi connectivity index (χ1) is 13.4. The van der Waals surface area contributed by atoms with E-state index in [4.69, 9.17) is 4.74 Å². The van der Waals surface area contributed by atoms with Gasteiger partial charge in [-0.2, -0.15) is 0 Å². The minimum absolute atomic E-state index is 0.0241. The van der Waals surface area contributed by atoms with E-state index in [1.54, 1.807) is 0 Å². The van der Waals surface area contributed by atoms with Crippen molar-refractivity contribution in [2.45, 2.75) is 39.0 Å². The largest absolute Gasteiger partial charge is 0.455 e. The van der Waals surface area contributed by atoms with Crippen LogP contribution in [0.15, 0.2) is 78.9 Å². The number of rotatable bonds is 6. The molecule has 1 N–H and O–H groups in total. The second-order valence-electron chi connectivity index (χ2n) is 7.91. The lowest BCUT2D eigenvalue weighted by Gasteiger charge is -2.19. The third-order valence-electron chi connectivity index (χ3n) is 4.59. The predicted octanol–water partition coefficient (Wildman–Crippen LogP) is 6.35. The van der Waals surface area contributed by atoms with Gasteiger partial charge in [-0.05, 0) is 47.2 Å². The normalized spacial score (nSPS) is 11.1. The molecule has 3 rings (SSSR count). The Morgan fingerprint density at radius 2 is 1.50 bits per heavy atom. The number of ether oxygens (including phenoxy) is 1. The number of para-hydroxylation sites is 3. The van der Waals surface area contributed by atoms with Crippen LogP contribution < -0.4 is 10.1 Å². The summed E-state index contributed by atoms with van der Waals surface area (Å²) in [7, 11) is 0. The summed E-state index contributed by atoms with van der Waals surface area (Å²) in [6, 6.07) is 25.6. The van der Waals surface area contributed by atoms with Crippen molar-refractivity contribution in [2.75, 3.05) is 5.32 Å². The van der Waals surface area contributed by atoms with E-state index in [-0.39, 0.29) is 11.3 Å². The maximum Gasteiger partial charge on any atom is 0.224 e. The number of hydrogen-bond acceptors (Lipinski definition) is 2. The first-order valence-corrected chi connectivity index (χ1v) is 9.63. The molecule has 3 nitrogen and oxygen atoms in total. The second kappa shape index (κ2) is 8.75. The van der Waals surface area contributed by atoms with E-state index >= 15 is 0 Å². The summed E-state index contributed by atoms with van der Waals surface area (Å²) in [6.07, 6.45) is 1.13. The molecule has 0 heterocycles. The summed E-state index contributed by atoms with van der Waals surface area (Å²) in [5, 5.41) is 2.97. The van der Waals surface area contributed by atoms with Crippen LogP contribution in [0.1, 0.15) is 38.3 Å². The second-order valence-corrected chi connectivity index (χ2v) is 7.91. The number of carbonyl (C=O) groups is 1. The molecule has 3 aromatic carbocycles. The van der Waals surface area contributed by atoms with E-state index in [1.807, 2.05) is 54.6 Å². The van der Waals surface area contributed by atoms with Crippen molar-refractivity contribution in [1.82, 2.24) is 0 Å². The smallest absolute Gasteiger partial charge is 0.224 e. The van der Waals surface area contributed by atoms with Crippen molar-refractivity contribution in [3.05, 3.63) is 90.0 Å². The Hall–Kier alpha value is -3.07. The van der Waals surface area contributed by atoms with Crippen LogP contribution >= 0.6 is 0 Å². The molecule has 28 heavy (non-hydrogen) atoms. The number of nitrogens with one attached hydrogen (secondary N) is 1. The van der Waals surface area contributed by atoms with Crippen molar-refractivity contribution in [2.24, 2.45) is 0 Å². The summed E-state index contributed by atoms with van der Waals surface area (Å²) in [5.74, 6) is 1.35. The molecule has 3 heteroatoms. The van der Waals surface area contributed by atoms with Gasteiger partial charge in [-0.3, -0.25) is 4.79 Å². The van der Waals surface area contributed by atoms with Crippen LogP contribution in [0.2, 0.25) is 0 Å². The number of aryl methyl sites for hydroxylation is 1. The lowest BCUT2D eigenvalue weighted by Crippen LogP contribution is -2.13. The SMILES string of the molecule is CC(C)(C)c1ccc(CCC(=O)Nc2ccccc2Oc2ccccc2)cc1. The minimum atomic E-state index is -0.0241. The molecule has 3 aromatic rings. The fourth-order valence-corrected chi connectivity index (χ4v) is 2.92. The molecule has 0 bridgehead atoms. The Morgan fingerprint density at radius 3 is 2.18 bits per heavy atom. The van der Waals surface area contributed by atoms with Gasteiger partial charge in [0.25, 0.3) is 0 Å². The zero-order chi connectivity index (χ0) is 20.0. The van der Waals surface area contributed by atoms with Crippen LogP contribution in [0, 0.1) is 0 Å². The van der Waals surface area contributed by atoms with E-state index in [0.29, 0.717) is 24.3 Å². The molecule has 0 aliphatic rings. The van der Waals surface area contributed by atoms with E-state index in [9.17, 15) is 4.79 Å². The zero-order valence-corrected chi connectivity index (χ0v) is 16.7. The minimum Gasteiger partial charge on any atom is -0.455 e. The summed E-state index contributed by atoms with van der Waals surface area (Å²) >= 11 is 0. The number of amides is 1. The molecule has 0 atom stereocenters. The van der Waals surface area contributed by atoms with Gasteiger partial charge in [-0.15, -0.1) is 0 Å². The van der Waals surface area contributed by atoms with Crippen LogP contribution in [-0.2, 0) is 16.6 Å². The molecular weight excluding hydrogens is 346 g/mol. The van der Waals surface area contributed by atoms with E-state index in [2.05, 4.69) is 50.4 Å². The third-order valence-corrected chi connectivity index (χ3v) is 4.59. The summed E-state index contributed by atoms with van der Waals surface area (Å²) < 4.78 is 5.90. The van der Waals surface area contributed by atoms with E-state index in [0.717, 1.165) is 11.3 Å². The van der Waals surface area contributed by atoms with Gasteiger partial charge >= 0.3 is 0 Å². The molecule has 0 radical (unpaired) electrons. The maximum absolute atomic E-state index is 12.4. The first-order valence-electron chi connectivity index (χ1n) is 9.63. The Morgan fingerprint density at radius 1 is 0.857 bits per heavy atom. The Labute approximate surface area is 167 Å². The van der Waals surface area contributed by atoms with Gasteiger partial charge in [0.2, 0.25) is 5.91 Å². The standard InChI is InChI=1S/C25H27NO2/c1-25(2,3)20-16-13-19(14-17-20)15-18-24(27)26-22-11-7-8-12-23(22)28-21-9-5-4-6-10-21/h4-14,16-17H,15,18H2,1-3H3,(H,26,27). The van der Waals surface area contributed by atoms with Crippen molar-refractivity contribution in [1.29, 1.82) is 0 Å². The molecule has 0 aliphatic carbocycles. The summed E-state index contributed by atoms with van der Waals surface area (Å²) in [5.41, 5.74) is 3.28. The molecule has 1 amide bonds. The van der Waals surface area contributed by atoms with Crippen LogP contribution in [-0.4, -0.2) is 5.91 Å². The Balaban J connectivity index is 1.59. The number of benzene rings is 3. The summed E-state index contributed by atoms with van der Waals surface area (Å²) in [4.78, 5) is 12.4. The highest BCUT2D eigenvalue weighted by atomic mass is 16.5. The van der Waals surface area contributed by atoms with Gasteiger partial charge in [-0.1, -0.05) is 75.4 Å². The maximum atomic E-state index is 12.4. The van der Waals surface area contributed by atoms with Crippen LogP contribution in [0.5, 0.6) is 11.5 Å². The third kappa shape index (κ3) is 5.46. The fourth-order valence-electron chi connectivity index (χ4n) is 2.92. The van der Waals surface area contributed by atoms with Crippen molar-refractivity contribution < 1.29 is 9.53 Å². The monoisotopic (exact) mass is 373 g/mol.